The van der Waals surface area contributed by atoms with Gasteiger partial charge in [0.2, 0.25) is 0 Å². The molecule has 0 fully saturated rings. The predicted molar refractivity (Wildman–Crippen MR) is 108 cm³/mol. The molecule has 144 valence electrons. The van der Waals surface area contributed by atoms with Crippen LogP contribution < -0.4 is 4.74 Å². The second kappa shape index (κ2) is 14.3. The molecule has 0 heterocycles. The lowest BCUT2D eigenvalue weighted by Crippen LogP contribution is -2.05. The molecule has 1 rings (SSSR count). The highest BCUT2D eigenvalue weighted by Gasteiger charge is 2.05. The fourth-order valence-electron chi connectivity index (χ4n) is 2.87. The van der Waals surface area contributed by atoms with Gasteiger partial charge >= 0.3 is 5.97 Å². The molecule has 0 aliphatic heterocycles. The third-order valence-corrected chi connectivity index (χ3v) is 4.41. The average Bonchev–Trinajstić information content (AvgIpc) is 2.62. The first-order valence-corrected chi connectivity index (χ1v) is 10.1. The van der Waals surface area contributed by atoms with Crippen LogP contribution in [0.3, 0.4) is 0 Å². The molecule has 0 aliphatic carbocycles. The van der Waals surface area contributed by atoms with Gasteiger partial charge in [-0.25, -0.2) is 4.79 Å². The van der Waals surface area contributed by atoms with E-state index in [1.165, 1.54) is 57.4 Å². The fraction of sp³-hybridized carbons (Fsp3) is 0.565. The van der Waals surface area contributed by atoms with Crippen molar-refractivity contribution in [3.63, 3.8) is 0 Å². The summed E-state index contributed by atoms with van der Waals surface area (Å²) in [7, 11) is 0. The molecule has 0 radical (unpaired) electrons. The van der Waals surface area contributed by atoms with Crippen molar-refractivity contribution >= 4 is 12.3 Å². The third kappa shape index (κ3) is 10.9. The lowest BCUT2D eigenvalue weighted by molar-refractivity contribution is -0.129. The van der Waals surface area contributed by atoms with Crippen molar-refractivity contribution in [3.05, 3.63) is 42.0 Å². The van der Waals surface area contributed by atoms with E-state index in [4.69, 9.17) is 4.74 Å². The van der Waals surface area contributed by atoms with Crippen molar-refractivity contribution in [2.24, 2.45) is 5.92 Å². The SMILES string of the molecule is CC(C)CCCCCCCCCC/C=C/C(=O)Oc1ccccc1C=O. The zero-order valence-electron chi connectivity index (χ0n) is 16.4. The van der Waals surface area contributed by atoms with E-state index in [9.17, 15) is 9.59 Å². The predicted octanol–water partition coefficient (Wildman–Crippen LogP) is 6.52. The topological polar surface area (TPSA) is 43.4 Å². The van der Waals surface area contributed by atoms with E-state index in [1.54, 1.807) is 24.3 Å². The molecule has 0 unspecified atom stereocenters. The maximum absolute atomic E-state index is 11.8. The van der Waals surface area contributed by atoms with Gasteiger partial charge in [-0.2, -0.15) is 0 Å². The van der Waals surface area contributed by atoms with Gasteiger partial charge in [-0.3, -0.25) is 4.79 Å². The van der Waals surface area contributed by atoms with Crippen LogP contribution in [0.2, 0.25) is 0 Å². The third-order valence-electron chi connectivity index (χ3n) is 4.41. The fourth-order valence-corrected chi connectivity index (χ4v) is 2.87. The molecule has 3 nitrogen and oxygen atoms in total. The van der Waals surface area contributed by atoms with Crippen LogP contribution in [0.15, 0.2) is 36.4 Å². The molecule has 0 atom stereocenters. The summed E-state index contributed by atoms with van der Waals surface area (Å²) >= 11 is 0. The molecule has 0 aromatic heterocycles. The van der Waals surface area contributed by atoms with Gasteiger partial charge in [-0.15, -0.1) is 0 Å². The normalized spacial score (nSPS) is 11.2. The molecule has 3 heteroatoms. The highest BCUT2D eigenvalue weighted by Crippen LogP contribution is 2.16. The lowest BCUT2D eigenvalue weighted by atomic mass is 10.0. The van der Waals surface area contributed by atoms with Crippen LogP contribution in [0, 0.1) is 5.92 Å². The number of allylic oxidation sites excluding steroid dienone is 1. The van der Waals surface area contributed by atoms with Gasteiger partial charge in [0.15, 0.2) is 6.29 Å². The number of ether oxygens (including phenoxy) is 1. The van der Waals surface area contributed by atoms with Crippen molar-refractivity contribution in [2.75, 3.05) is 0 Å². The molecule has 0 saturated heterocycles. The van der Waals surface area contributed by atoms with E-state index < -0.39 is 5.97 Å². The van der Waals surface area contributed by atoms with Crippen LogP contribution in [-0.2, 0) is 4.79 Å². The van der Waals surface area contributed by atoms with Crippen LogP contribution in [0.4, 0.5) is 0 Å². The molecule has 0 amide bonds. The highest BCUT2D eigenvalue weighted by molar-refractivity contribution is 5.87. The molecule has 1 aromatic rings. The first kappa shape index (κ1) is 22.1. The van der Waals surface area contributed by atoms with Crippen LogP contribution >= 0.6 is 0 Å². The summed E-state index contributed by atoms with van der Waals surface area (Å²) in [4.78, 5) is 22.6. The van der Waals surface area contributed by atoms with Crippen molar-refractivity contribution < 1.29 is 14.3 Å². The molecular weight excluding hydrogens is 324 g/mol. The standard InChI is InChI=1S/C23H34O3/c1-20(2)15-11-9-7-5-3-4-6-8-10-12-18-23(25)26-22-17-14-13-16-21(22)19-24/h12-14,16-20H,3-11,15H2,1-2H3/b18-12+. The van der Waals surface area contributed by atoms with Crippen LogP contribution in [0.5, 0.6) is 5.75 Å². The molecule has 0 bridgehead atoms. The minimum atomic E-state index is -0.430. The number of carbonyl (C=O) groups is 2. The Kier molecular flexibility index (Phi) is 12.2. The Labute approximate surface area is 158 Å². The number of rotatable bonds is 14. The van der Waals surface area contributed by atoms with Gasteiger partial charge in [0.1, 0.15) is 5.75 Å². The second-order valence-electron chi connectivity index (χ2n) is 7.28. The number of aldehydes is 1. The maximum Gasteiger partial charge on any atom is 0.335 e. The van der Waals surface area contributed by atoms with Gasteiger partial charge in [0.05, 0.1) is 5.56 Å². The highest BCUT2D eigenvalue weighted by atomic mass is 16.5. The smallest absolute Gasteiger partial charge is 0.335 e. The largest absolute Gasteiger partial charge is 0.423 e. The summed E-state index contributed by atoms with van der Waals surface area (Å²) in [5.41, 5.74) is 0.387. The Hall–Kier alpha value is -1.90. The number of para-hydroxylation sites is 1. The van der Waals surface area contributed by atoms with E-state index in [-0.39, 0.29) is 0 Å². The summed E-state index contributed by atoms with van der Waals surface area (Å²) in [6, 6.07) is 6.73. The van der Waals surface area contributed by atoms with Crippen molar-refractivity contribution in [1.29, 1.82) is 0 Å². The van der Waals surface area contributed by atoms with Crippen molar-refractivity contribution in [3.8, 4) is 5.75 Å². The minimum Gasteiger partial charge on any atom is -0.423 e. The van der Waals surface area contributed by atoms with E-state index in [0.29, 0.717) is 17.6 Å². The summed E-state index contributed by atoms with van der Waals surface area (Å²) < 4.78 is 5.19. The van der Waals surface area contributed by atoms with Crippen molar-refractivity contribution in [1.82, 2.24) is 0 Å². The monoisotopic (exact) mass is 358 g/mol. The Morgan fingerprint density at radius 1 is 0.962 bits per heavy atom. The Morgan fingerprint density at radius 2 is 1.58 bits per heavy atom. The first-order valence-electron chi connectivity index (χ1n) is 10.1. The molecule has 0 spiro atoms. The Morgan fingerprint density at radius 3 is 2.23 bits per heavy atom. The van der Waals surface area contributed by atoms with Gasteiger partial charge in [-0.05, 0) is 30.9 Å². The average molecular weight is 359 g/mol. The number of benzene rings is 1. The summed E-state index contributed by atoms with van der Waals surface area (Å²) in [5.74, 6) is 0.714. The maximum atomic E-state index is 11.8. The first-order chi connectivity index (χ1) is 12.6. The number of unbranched alkanes of at least 4 members (excludes halogenated alkanes) is 8. The summed E-state index contributed by atoms with van der Waals surface area (Å²) in [5, 5.41) is 0. The number of hydrogen-bond donors (Lipinski definition) is 0. The van der Waals surface area contributed by atoms with Crippen molar-refractivity contribution in [2.45, 2.75) is 78.1 Å². The van der Waals surface area contributed by atoms with E-state index in [2.05, 4.69) is 13.8 Å². The second-order valence-corrected chi connectivity index (χ2v) is 7.28. The number of carbonyl (C=O) groups excluding carboxylic acids is 2. The molecule has 0 aliphatic rings. The number of esters is 1. The summed E-state index contributed by atoms with van der Waals surface area (Å²) in [6.07, 6.45) is 16.6. The van der Waals surface area contributed by atoms with Crippen LogP contribution in [0.25, 0.3) is 0 Å². The van der Waals surface area contributed by atoms with Gasteiger partial charge in [0, 0.05) is 6.08 Å². The quantitative estimate of drug-likeness (QED) is 0.125. The molecular formula is C23H34O3. The molecule has 1 aromatic carbocycles. The Bertz CT molecular complexity index is 546. The molecule has 0 N–H and O–H groups in total. The molecule has 0 saturated carbocycles. The van der Waals surface area contributed by atoms with Gasteiger partial charge in [-0.1, -0.05) is 83.4 Å². The zero-order valence-corrected chi connectivity index (χ0v) is 16.4. The molecule has 26 heavy (non-hydrogen) atoms. The van der Waals surface area contributed by atoms with Crippen LogP contribution in [0.1, 0.15) is 88.4 Å². The van der Waals surface area contributed by atoms with E-state index in [0.717, 1.165) is 18.8 Å². The number of hydrogen-bond acceptors (Lipinski definition) is 3. The van der Waals surface area contributed by atoms with Gasteiger partial charge < -0.3 is 4.74 Å². The minimum absolute atomic E-state index is 0.311. The van der Waals surface area contributed by atoms with E-state index >= 15 is 0 Å². The lowest BCUT2D eigenvalue weighted by Gasteiger charge is -2.04. The Balaban J connectivity index is 2.02. The van der Waals surface area contributed by atoms with Crippen LogP contribution in [-0.4, -0.2) is 12.3 Å². The summed E-state index contributed by atoms with van der Waals surface area (Å²) in [6.45, 7) is 4.58. The van der Waals surface area contributed by atoms with E-state index in [1.807, 2.05) is 6.08 Å². The zero-order chi connectivity index (χ0) is 19.0. The van der Waals surface area contributed by atoms with Gasteiger partial charge in [0.25, 0.3) is 0 Å².